The maximum absolute atomic E-state index is 3.86. The normalized spacial score (nSPS) is 14.1. The van der Waals surface area contributed by atoms with Crippen LogP contribution in [-0.2, 0) is 0 Å². The average molecular weight is 369 g/mol. The molecule has 0 fully saturated rings. The van der Waals surface area contributed by atoms with Gasteiger partial charge >= 0.3 is 0 Å². The second-order valence-corrected chi connectivity index (χ2v) is 17.9. The van der Waals surface area contributed by atoms with E-state index in [1.54, 1.807) is 0 Å². The molecule has 0 aliphatic rings. The van der Waals surface area contributed by atoms with Crippen molar-refractivity contribution in [2.75, 3.05) is 0 Å². The third-order valence-corrected chi connectivity index (χ3v) is 9.02. The highest BCUT2D eigenvalue weighted by Gasteiger charge is 2.17. The van der Waals surface area contributed by atoms with Crippen molar-refractivity contribution in [1.29, 1.82) is 0 Å². The van der Waals surface area contributed by atoms with E-state index >= 15 is 0 Å². The molecule has 0 bridgehead atoms. The highest BCUT2D eigenvalue weighted by molar-refractivity contribution is 6.39. The number of rotatable bonds is 8. The van der Waals surface area contributed by atoms with Gasteiger partial charge in [0, 0.05) is 19.0 Å². The number of hydrogen-bond donors (Lipinski definition) is 0. The molecular formula is C22H48Si2. The first-order valence-corrected chi connectivity index (χ1v) is 13.2. The molecule has 0 aromatic heterocycles. The van der Waals surface area contributed by atoms with Crippen LogP contribution >= 0.6 is 0 Å². The van der Waals surface area contributed by atoms with E-state index in [-0.39, 0.29) is 19.0 Å². The molecule has 0 amide bonds. The smallest absolute Gasteiger partial charge is 0.0260 e. The van der Waals surface area contributed by atoms with Crippen LogP contribution in [0.4, 0.5) is 0 Å². The van der Waals surface area contributed by atoms with E-state index in [2.05, 4.69) is 94.5 Å². The van der Waals surface area contributed by atoms with Gasteiger partial charge in [0.25, 0.3) is 0 Å². The molecule has 0 radical (unpaired) electrons. The summed E-state index contributed by atoms with van der Waals surface area (Å²) in [5.41, 5.74) is 0.719. The molecule has 0 saturated carbocycles. The molecule has 0 aromatic rings. The first-order valence-electron chi connectivity index (χ1n) is 9.81. The Labute approximate surface area is 159 Å². The Morgan fingerprint density at radius 1 is 0.583 bits per heavy atom. The second kappa shape index (κ2) is 10.8. The third-order valence-electron chi connectivity index (χ3n) is 4.60. The van der Waals surface area contributed by atoms with Crippen molar-refractivity contribution in [2.45, 2.75) is 104 Å². The van der Waals surface area contributed by atoms with Crippen molar-refractivity contribution in [3.63, 3.8) is 0 Å². The predicted octanol–water partition coefficient (Wildman–Crippen LogP) is 6.79. The van der Waals surface area contributed by atoms with Crippen molar-refractivity contribution in [1.82, 2.24) is 0 Å². The minimum atomic E-state index is 0.113. The van der Waals surface area contributed by atoms with Crippen molar-refractivity contribution >= 4 is 19.0 Å². The molecule has 0 spiro atoms. The van der Waals surface area contributed by atoms with Gasteiger partial charge in [0.1, 0.15) is 0 Å². The summed E-state index contributed by atoms with van der Waals surface area (Å²) in [5.74, 6) is 0. The first kappa shape index (κ1) is 26.1. The average Bonchev–Trinajstić information content (AvgIpc) is 2.36. The largest absolute Gasteiger partial charge is 0.103 e. The van der Waals surface area contributed by atoms with Crippen LogP contribution in [0.2, 0.25) is 22.2 Å². The summed E-state index contributed by atoms with van der Waals surface area (Å²) in [6, 6.07) is 2.89. The molecule has 144 valence electrons. The molecule has 0 aliphatic carbocycles. The molecule has 0 N–H and O–H groups in total. The van der Waals surface area contributed by atoms with E-state index in [1.807, 2.05) is 0 Å². The molecule has 0 aromatic carbocycles. The molecule has 2 heteroatoms. The second-order valence-electron chi connectivity index (χ2n) is 11.2. The van der Waals surface area contributed by atoms with Gasteiger partial charge in [-0.05, 0) is 33.7 Å². The summed E-state index contributed by atoms with van der Waals surface area (Å²) < 4.78 is 0. The Morgan fingerprint density at radius 2 is 0.833 bits per heavy atom. The fourth-order valence-electron chi connectivity index (χ4n) is 2.35. The standard InChI is InChI=1S/2C11H24Si/c2*1-7-11(5,6)8-9-12-10(2,3)4/h2*7H,1,8-9,12H2,2-6H3. The van der Waals surface area contributed by atoms with Crippen LogP contribution in [0.5, 0.6) is 0 Å². The van der Waals surface area contributed by atoms with Crippen LogP contribution in [0.1, 0.15) is 82.1 Å². The van der Waals surface area contributed by atoms with Crippen LogP contribution in [0, 0.1) is 10.8 Å². The zero-order valence-corrected chi connectivity index (χ0v) is 21.6. The van der Waals surface area contributed by atoms with Crippen molar-refractivity contribution < 1.29 is 0 Å². The van der Waals surface area contributed by atoms with E-state index in [9.17, 15) is 0 Å². The molecule has 0 heterocycles. The maximum atomic E-state index is 3.86. The number of hydrogen-bond acceptors (Lipinski definition) is 0. The van der Waals surface area contributed by atoms with Crippen LogP contribution in [0.3, 0.4) is 0 Å². The van der Waals surface area contributed by atoms with E-state index in [4.69, 9.17) is 0 Å². The van der Waals surface area contributed by atoms with Gasteiger partial charge in [-0.1, -0.05) is 93.5 Å². The Balaban J connectivity index is 0. The van der Waals surface area contributed by atoms with E-state index < -0.39 is 0 Å². The molecule has 0 saturated heterocycles. The van der Waals surface area contributed by atoms with E-state index in [0.29, 0.717) is 20.9 Å². The van der Waals surface area contributed by atoms with Gasteiger partial charge in [-0.15, -0.1) is 13.2 Å². The lowest BCUT2D eigenvalue weighted by Crippen LogP contribution is -2.13. The van der Waals surface area contributed by atoms with Crippen LogP contribution in [0.15, 0.2) is 25.3 Å². The molecule has 0 rings (SSSR count). The van der Waals surface area contributed by atoms with Crippen LogP contribution in [0.25, 0.3) is 0 Å². The van der Waals surface area contributed by atoms with Gasteiger partial charge in [-0.25, -0.2) is 0 Å². The molecule has 0 atom stereocenters. The quantitative estimate of drug-likeness (QED) is 0.327. The van der Waals surface area contributed by atoms with Crippen molar-refractivity contribution in [3.05, 3.63) is 25.3 Å². The zero-order chi connectivity index (χ0) is 19.7. The molecule has 24 heavy (non-hydrogen) atoms. The van der Waals surface area contributed by atoms with Crippen molar-refractivity contribution in [3.8, 4) is 0 Å². The summed E-state index contributed by atoms with van der Waals surface area (Å²) >= 11 is 0. The molecule has 0 nitrogen and oxygen atoms in total. The Hall–Kier alpha value is -0.0862. The number of allylic oxidation sites excluding steroid dienone is 2. The van der Waals surface area contributed by atoms with Crippen molar-refractivity contribution in [2.24, 2.45) is 10.8 Å². The van der Waals surface area contributed by atoms with Gasteiger partial charge in [0.15, 0.2) is 0 Å². The Kier molecular flexibility index (Phi) is 11.8. The monoisotopic (exact) mass is 368 g/mol. The lowest BCUT2D eigenvalue weighted by Gasteiger charge is -2.23. The third kappa shape index (κ3) is 20.0. The van der Waals surface area contributed by atoms with Gasteiger partial charge in [0.05, 0.1) is 0 Å². The zero-order valence-electron chi connectivity index (χ0n) is 18.8. The Morgan fingerprint density at radius 3 is 1.00 bits per heavy atom. The summed E-state index contributed by atoms with van der Waals surface area (Å²) in [4.78, 5) is 0. The van der Waals surface area contributed by atoms with Gasteiger partial charge in [-0.2, -0.15) is 0 Å². The highest BCUT2D eigenvalue weighted by Crippen LogP contribution is 2.29. The highest BCUT2D eigenvalue weighted by atomic mass is 28.2. The molecule has 0 unspecified atom stereocenters. The van der Waals surface area contributed by atoms with E-state index in [1.165, 1.54) is 24.9 Å². The first-order chi connectivity index (χ1) is 10.5. The Bertz CT molecular complexity index is 315. The topological polar surface area (TPSA) is 0 Å². The van der Waals surface area contributed by atoms with E-state index in [0.717, 1.165) is 0 Å². The summed E-state index contributed by atoms with van der Waals surface area (Å²) in [7, 11) is 0.225. The predicted molar refractivity (Wildman–Crippen MR) is 123 cm³/mol. The summed E-state index contributed by atoms with van der Waals surface area (Å²) in [6.45, 7) is 31.0. The van der Waals surface area contributed by atoms with Gasteiger partial charge in [0.2, 0.25) is 0 Å². The summed E-state index contributed by atoms with van der Waals surface area (Å²) in [6.07, 6.45) is 6.81. The van der Waals surface area contributed by atoms with Gasteiger partial charge < -0.3 is 0 Å². The molecular weight excluding hydrogens is 320 g/mol. The lowest BCUT2D eigenvalue weighted by molar-refractivity contribution is 0.460. The minimum Gasteiger partial charge on any atom is -0.103 e. The van der Waals surface area contributed by atoms with Gasteiger partial charge in [-0.3, -0.25) is 0 Å². The summed E-state index contributed by atoms with van der Waals surface area (Å²) in [5, 5.41) is 1.24. The minimum absolute atomic E-state index is 0.113. The lowest BCUT2D eigenvalue weighted by atomic mass is 9.91. The SMILES string of the molecule is C=CC(C)(C)CC[SiH2]C(C)(C)C.C=CC(C)(C)CC[SiH2]C(C)(C)C. The fourth-order valence-corrected chi connectivity index (χ4v) is 6.65. The molecule has 0 aliphatic heterocycles. The van der Waals surface area contributed by atoms with Crippen LogP contribution < -0.4 is 0 Å². The fraction of sp³-hybridized carbons (Fsp3) is 0.818. The van der Waals surface area contributed by atoms with Crippen LogP contribution in [-0.4, -0.2) is 19.0 Å². The maximum Gasteiger partial charge on any atom is 0.0260 e.